The first-order valence-electron chi connectivity index (χ1n) is 15.6. The molecule has 0 aromatic carbocycles. The Morgan fingerprint density at radius 3 is 2.75 bits per heavy atom. The summed E-state index contributed by atoms with van der Waals surface area (Å²) in [6, 6.07) is 0. The summed E-state index contributed by atoms with van der Waals surface area (Å²) in [4.78, 5) is 18.6. The van der Waals surface area contributed by atoms with Crippen molar-refractivity contribution in [1.29, 1.82) is 0 Å². The summed E-state index contributed by atoms with van der Waals surface area (Å²) in [6.07, 6.45) is 13.4. The minimum atomic E-state index is -1.64. The summed E-state index contributed by atoms with van der Waals surface area (Å²) in [5.74, 6) is -0.635. The lowest BCUT2D eigenvalue weighted by Gasteiger charge is -2.68. The molecule has 9 nitrogen and oxygen atoms in total. The van der Waals surface area contributed by atoms with E-state index in [9.17, 15) is 20.1 Å². The highest BCUT2D eigenvalue weighted by atomic mass is 16.5. The molecule has 6 N–H and O–H groups in total. The van der Waals surface area contributed by atoms with Crippen molar-refractivity contribution in [2.75, 3.05) is 46.4 Å². The van der Waals surface area contributed by atoms with Crippen LogP contribution in [0, 0.1) is 34.0 Å². The summed E-state index contributed by atoms with van der Waals surface area (Å²) >= 11 is 0. The third-order valence-corrected chi connectivity index (χ3v) is 12.3. The van der Waals surface area contributed by atoms with Gasteiger partial charge in [-0.05, 0) is 43.9 Å². The van der Waals surface area contributed by atoms with Crippen molar-refractivity contribution in [3.63, 3.8) is 0 Å². The number of carboxylic acids is 1. The molecule has 222 valence electrons. The molecule has 0 radical (unpaired) electrons. The summed E-state index contributed by atoms with van der Waals surface area (Å²) in [5, 5.41) is 38.8. The number of aliphatic carboxylic acids is 1. The van der Waals surface area contributed by atoms with E-state index in [1.807, 2.05) is 0 Å². The molecule has 8 unspecified atom stereocenters. The lowest BCUT2D eigenvalue weighted by molar-refractivity contribution is -0.831. The van der Waals surface area contributed by atoms with Crippen molar-refractivity contribution in [1.82, 2.24) is 5.32 Å². The number of nitrogens with one attached hydrogen (secondary N) is 2. The van der Waals surface area contributed by atoms with E-state index in [0.29, 0.717) is 25.5 Å². The number of hydrogen-bond acceptors (Lipinski definition) is 7. The predicted octanol–water partition coefficient (Wildman–Crippen LogP) is -0.463. The van der Waals surface area contributed by atoms with Crippen LogP contribution in [0.25, 0.3) is 0 Å². The van der Waals surface area contributed by atoms with Gasteiger partial charge in [-0.1, -0.05) is 43.9 Å². The maximum absolute atomic E-state index is 13.1. The zero-order valence-corrected chi connectivity index (χ0v) is 24.2. The Hall–Kier alpha value is -1.78. The first-order chi connectivity index (χ1) is 19.2. The Bertz CT molecular complexity index is 1120. The maximum atomic E-state index is 13.1. The summed E-state index contributed by atoms with van der Waals surface area (Å²) < 4.78 is 6.40. The van der Waals surface area contributed by atoms with E-state index in [2.05, 4.69) is 29.4 Å². The van der Waals surface area contributed by atoms with Crippen LogP contribution in [-0.4, -0.2) is 80.3 Å². The number of rotatable bonds is 8. The van der Waals surface area contributed by atoms with Crippen LogP contribution in [0.3, 0.4) is 0 Å². The van der Waals surface area contributed by atoms with Gasteiger partial charge in [0.05, 0.1) is 38.4 Å². The summed E-state index contributed by atoms with van der Waals surface area (Å²) in [5.41, 5.74) is 4.74. The molecule has 2 spiro atoms. The van der Waals surface area contributed by atoms with E-state index in [-0.39, 0.29) is 47.6 Å². The number of aliphatic hydroxyl groups excluding tert-OH is 1. The van der Waals surface area contributed by atoms with E-state index in [1.165, 1.54) is 6.42 Å². The van der Waals surface area contributed by atoms with Gasteiger partial charge < -0.3 is 35.9 Å². The second kappa shape index (κ2) is 10.2. The number of aliphatic hydroxyl groups is 2. The van der Waals surface area contributed by atoms with Gasteiger partial charge in [0.2, 0.25) is 0 Å². The molecule has 40 heavy (non-hydrogen) atoms. The van der Waals surface area contributed by atoms with Crippen LogP contribution in [0.1, 0.15) is 64.7 Å². The average Bonchev–Trinajstić information content (AvgIpc) is 3.30. The zero-order valence-electron chi connectivity index (χ0n) is 24.2. The van der Waals surface area contributed by atoms with E-state index < -0.39 is 22.9 Å². The third kappa shape index (κ3) is 3.57. The molecule has 5 aliphatic carbocycles. The molecule has 9 heteroatoms. The molecule has 1 saturated heterocycles. The average molecular weight is 557 g/mol. The Morgan fingerprint density at radius 1 is 1.27 bits per heavy atom. The fourth-order valence-corrected chi connectivity index (χ4v) is 11.0. The molecule has 0 aromatic heterocycles. The van der Waals surface area contributed by atoms with E-state index in [1.54, 1.807) is 7.05 Å². The molecule has 4 fully saturated rings. The maximum Gasteiger partial charge on any atom is 0.293 e. The number of guanidine groups is 1. The second-order valence-corrected chi connectivity index (χ2v) is 13.6. The van der Waals surface area contributed by atoms with Gasteiger partial charge in [0, 0.05) is 54.3 Å². The molecule has 0 amide bonds. The van der Waals surface area contributed by atoms with Crippen LogP contribution in [0.4, 0.5) is 0 Å². The van der Waals surface area contributed by atoms with Crippen LogP contribution in [-0.2, 0) is 9.53 Å². The van der Waals surface area contributed by atoms with Crippen LogP contribution in [0.2, 0.25) is 0 Å². The molecule has 6 aliphatic rings. The molecule has 1 heterocycles. The number of carboxylic acid groups (broad SMARTS) is 1. The van der Waals surface area contributed by atoms with Gasteiger partial charge in [0.25, 0.3) is 5.96 Å². The van der Waals surface area contributed by atoms with Gasteiger partial charge >= 0.3 is 0 Å². The van der Waals surface area contributed by atoms with E-state index in [4.69, 9.17) is 10.5 Å². The van der Waals surface area contributed by atoms with Crippen molar-refractivity contribution in [2.24, 2.45) is 44.7 Å². The van der Waals surface area contributed by atoms with Gasteiger partial charge in [0.1, 0.15) is 5.60 Å². The van der Waals surface area contributed by atoms with E-state index in [0.717, 1.165) is 68.5 Å². The zero-order chi connectivity index (χ0) is 28.3. The lowest BCUT2D eigenvalue weighted by atomic mass is 9.36. The summed E-state index contributed by atoms with van der Waals surface area (Å²) in [7, 11) is 1.74. The topological polar surface area (TPSA) is 145 Å². The summed E-state index contributed by atoms with van der Waals surface area (Å²) in [6.45, 7) is 5.10. The molecule has 2 bridgehead atoms. The van der Waals surface area contributed by atoms with Crippen molar-refractivity contribution < 1.29 is 29.8 Å². The molecule has 3 saturated carbocycles. The third-order valence-electron chi connectivity index (χ3n) is 12.3. The number of carbonyl (C=O) groups excluding carboxylic acids is 1. The first kappa shape index (κ1) is 28.3. The number of likely N-dealkylation sites (tertiary alicyclic amines) is 1. The number of allylic oxidation sites excluding steroid dienone is 1. The predicted molar refractivity (Wildman–Crippen MR) is 149 cm³/mol. The van der Waals surface area contributed by atoms with Gasteiger partial charge in [0.15, 0.2) is 0 Å². The van der Waals surface area contributed by atoms with Gasteiger partial charge in [-0.15, -0.1) is 0 Å². The first-order valence-corrected chi connectivity index (χ1v) is 15.6. The number of aliphatic imine (C=N–C) groups is 1. The standard InChI is InChI=1S/C31H48N4O5/c1-20-8-9-21-16-23-25(26(37)38)29(39,19-40-22-6-4-3-5-7-22)24-10-11-28(17-34-13-15-36)12-14-35(27(32)33-2)18-30(21,28)31(20,23)24/h10-11,20-22,24,34,36,39H,3-9,12-19H2,1-2H3,(H2,32,33)(H,37,38). The SMILES string of the molecule is CN=C(N)[NH+]1CCC2(CNCCO)C=CC3C(O)(COC4CCCCC4)C(C(=O)[O-])=C4CC5CCC(C)C43C52C1. The number of ether oxygens (including phenoxy) is 1. The highest BCUT2D eigenvalue weighted by molar-refractivity contribution is 5.91. The van der Waals surface area contributed by atoms with Crippen molar-refractivity contribution >= 4 is 11.9 Å². The molecule has 0 aromatic rings. The minimum absolute atomic E-state index is 0.0143. The highest BCUT2D eigenvalue weighted by Gasteiger charge is 2.83. The number of piperidine rings is 1. The molecule has 6 rings (SSSR count). The van der Waals surface area contributed by atoms with Crippen molar-refractivity contribution in [3.05, 3.63) is 23.3 Å². The lowest BCUT2D eigenvalue weighted by Crippen LogP contribution is -3.19. The fraction of sp³-hybridized carbons (Fsp3) is 0.806. The molecular formula is C31H48N4O5. The van der Waals surface area contributed by atoms with E-state index >= 15 is 0 Å². The quantitative estimate of drug-likeness (QED) is 0.118. The Labute approximate surface area is 237 Å². The minimum Gasteiger partial charge on any atom is -0.545 e. The number of nitrogens with two attached hydrogens (primary N) is 1. The van der Waals surface area contributed by atoms with Crippen molar-refractivity contribution in [3.8, 4) is 0 Å². The van der Waals surface area contributed by atoms with Crippen LogP contribution < -0.4 is 21.1 Å². The largest absolute Gasteiger partial charge is 0.545 e. The van der Waals surface area contributed by atoms with Crippen molar-refractivity contribution in [2.45, 2.75) is 76.4 Å². The van der Waals surface area contributed by atoms with Gasteiger partial charge in [-0.25, -0.2) is 4.99 Å². The van der Waals surface area contributed by atoms with Gasteiger partial charge in [-0.3, -0.25) is 4.90 Å². The molecule has 1 aliphatic heterocycles. The Balaban J connectivity index is 1.53. The van der Waals surface area contributed by atoms with Crippen LogP contribution in [0.15, 0.2) is 28.3 Å². The fourth-order valence-electron chi connectivity index (χ4n) is 11.0. The van der Waals surface area contributed by atoms with Gasteiger partial charge in [-0.2, -0.15) is 0 Å². The Morgan fingerprint density at radius 2 is 2.05 bits per heavy atom. The van der Waals surface area contributed by atoms with Crippen LogP contribution in [0.5, 0.6) is 0 Å². The Kier molecular flexibility index (Phi) is 7.22. The smallest absolute Gasteiger partial charge is 0.293 e. The normalized spacial score (nSPS) is 44.5. The number of nitrogens with zero attached hydrogens (tertiary/aromatic N) is 1. The second-order valence-electron chi connectivity index (χ2n) is 13.6. The molecular weight excluding hydrogens is 508 g/mol. The monoisotopic (exact) mass is 556 g/mol. The number of carbonyl (C=O) groups is 1. The number of quaternary nitrogens is 1. The van der Waals surface area contributed by atoms with Crippen LogP contribution >= 0.6 is 0 Å². The highest BCUT2D eigenvalue weighted by Crippen LogP contribution is 2.82. The number of hydrogen-bond donors (Lipinski definition) is 5. The molecule has 8 atom stereocenters.